The number of nitrogens with zero attached hydrogens (tertiary/aromatic N) is 3. The van der Waals surface area contributed by atoms with Crippen LogP contribution in [0.25, 0.3) is 11.4 Å². The first-order chi connectivity index (χ1) is 14.9. The molecule has 9 heteroatoms. The van der Waals surface area contributed by atoms with Crippen LogP contribution in [0.5, 0.6) is 0 Å². The number of carbonyl (C=O) groups is 1. The van der Waals surface area contributed by atoms with Gasteiger partial charge in [0.15, 0.2) is 0 Å². The molecule has 3 aromatic rings. The zero-order valence-corrected chi connectivity index (χ0v) is 16.8. The summed E-state index contributed by atoms with van der Waals surface area (Å²) in [4.78, 5) is 18.9. The molecule has 0 aliphatic carbocycles. The minimum Gasteiger partial charge on any atom is -0.339 e. The SMILES string of the molecule is CC(C(=O)Nc1c(F)cccc1F)N1CCCC(c2nc(-c3cccc(F)c3)no2)C1. The van der Waals surface area contributed by atoms with E-state index in [9.17, 15) is 18.0 Å². The summed E-state index contributed by atoms with van der Waals surface area (Å²) < 4.78 is 46.6. The molecule has 2 atom stereocenters. The number of nitrogens with one attached hydrogen (secondary N) is 1. The lowest BCUT2D eigenvalue weighted by Crippen LogP contribution is -2.46. The Kier molecular flexibility index (Phi) is 6.03. The van der Waals surface area contributed by atoms with Gasteiger partial charge in [-0.15, -0.1) is 0 Å². The monoisotopic (exact) mass is 430 g/mol. The largest absolute Gasteiger partial charge is 0.339 e. The zero-order valence-electron chi connectivity index (χ0n) is 16.8. The molecule has 0 saturated carbocycles. The van der Waals surface area contributed by atoms with Crippen molar-refractivity contribution in [2.75, 3.05) is 18.4 Å². The van der Waals surface area contributed by atoms with Crippen molar-refractivity contribution in [1.82, 2.24) is 15.0 Å². The summed E-state index contributed by atoms with van der Waals surface area (Å²) >= 11 is 0. The number of aromatic nitrogens is 2. The summed E-state index contributed by atoms with van der Waals surface area (Å²) in [5.41, 5.74) is 0.0619. The van der Waals surface area contributed by atoms with Gasteiger partial charge in [-0.2, -0.15) is 4.98 Å². The summed E-state index contributed by atoms with van der Waals surface area (Å²) in [6, 6.07) is 8.73. The van der Waals surface area contributed by atoms with Gasteiger partial charge in [-0.05, 0) is 50.6 Å². The highest BCUT2D eigenvalue weighted by Crippen LogP contribution is 2.29. The molecule has 1 saturated heterocycles. The molecule has 31 heavy (non-hydrogen) atoms. The van der Waals surface area contributed by atoms with Gasteiger partial charge in [-0.25, -0.2) is 13.2 Å². The van der Waals surface area contributed by atoms with Gasteiger partial charge in [0.2, 0.25) is 17.6 Å². The van der Waals surface area contributed by atoms with Crippen molar-refractivity contribution in [3.8, 4) is 11.4 Å². The third-order valence-electron chi connectivity index (χ3n) is 5.46. The van der Waals surface area contributed by atoms with Gasteiger partial charge in [0.05, 0.1) is 12.0 Å². The number of halogens is 3. The van der Waals surface area contributed by atoms with Crippen LogP contribution >= 0.6 is 0 Å². The number of para-hydroxylation sites is 1. The summed E-state index contributed by atoms with van der Waals surface area (Å²) in [5.74, 6) is -1.94. The molecular formula is C22H21F3N4O2. The number of rotatable bonds is 5. The Hall–Kier alpha value is -3.20. The van der Waals surface area contributed by atoms with Gasteiger partial charge in [-0.1, -0.05) is 23.4 Å². The number of anilines is 1. The highest BCUT2D eigenvalue weighted by atomic mass is 19.1. The molecule has 1 amide bonds. The fourth-order valence-electron chi connectivity index (χ4n) is 3.72. The molecule has 1 aromatic heterocycles. The van der Waals surface area contributed by atoms with Crippen LogP contribution in [0.3, 0.4) is 0 Å². The molecule has 2 unspecified atom stereocenters. The quantitative estimate of drug-likeness (QED) is 0.651. The smallest absolute Gasteiger partial charge is 0.241 e. The van der Waals surface area contributed by atoms with Gasteiger partial charge < -0.3 is 9.84 Å². The lowest BCUT2D eigenvalue weighted by molar-refractivity contribution is -0.121. The second-order valence-electron chi connectivity index (χ2n) is 7.56. The lowest BCUT2D eigenvalue weighted by atomic mass is 9.96. The van der Waals surface area contributed by atoms with E-state index in [0.29, 0.717) is 30.4 Å². The Morgan fingerprint density at radius 1 is 1.19 bits per heavy atom. The van der Waals surface area contributed by atoms with Crippen LogP contribution in [-0.2, 0) is 4.79 Å². The molecule has 6 nitrogen and oxygen atoms in total. The number of hydrogen-bond acceptors (Lipinski definition) is 5. The molecule has 1 fully saturated rings. The van der Waals surface area contributed by atoms with Gasteiger partial charge in [0, 0.05) is 12.1 Å². The maximum atomic E-state index is 13.8. The topological polar surface area (TPSA) is 71.3 Å². The van der Waals surface area contributed by atoms with Crippen molar-refractivity contribution < 1.29 is 22.5 Å². The van der Waals surface area contributed by atoms with Crippen molar-refractivity contribution >= 4 is 11.6 Å². The van der Waals surface area contributed by atoms with E-state index >= 15 is 0 Å². The second kappa shape index (κ2) is 8.89. The average Bonchev–Trinajstić information content (AvgIpc) is 3.26. The maximum Gasteiger partial charge on any atom is 0.241 e. The Morgan fingerprint density at radius 2 is 1.94 bits per heavy atom. The van der Waals surface area contributed by atoms with Crippen LogP contribution in [0.4, 0.5) is 18.9 Å². The van der Waals surface area contributed by atoms with Gasteiger partial charge in [0.1, 0.15) is 23.1 Å². The van der Waals surface area contributed by atoms with Crippen LogP contribution in [-0.4, -0.2) is 40.1 Å². The molecule has 0 spiro atoms. The third-order valence-corrected chi connectivity index (χ3v) is 5.46. The Morgan fingerprint density at radius 3 is 2.68 bits per heavy atom. The van der Waals surface area contributed by atoms with E-state index < -0.39 is 29.3 Å². The summed E-state index contributed by atoms with van der Waals surface area (Å²) in [7, 11) is 0. The van der Waals surface area contributed by atoms with Crippen molar-refractivity contribution in [1.29, 1.82) is 0 Å². The average molecular weight is 430 g/mol. The molecule has 1 N–H and O–H groups in total. The number of hydrogen-bond donors (Lipinski definition) is 1. The molecule has 1 aliphatic rings. The van der Waals surface area contributed by atoms with Crippen molar-refractivity contribution in [3.05, 3.63) is 65.8 Å². The van der Waals surface area contributed by atoms with E-state index in [1.807, 2.05) is 4.90 Å². The van der Waals surface area contributed by atoms with E-state index in [2.05, 4.69) is 15.5 Å². The number of likely N-dealkylation sites (tertiary alicyclic amines) is 1. The van der Waals surface area contributed by atoms with E-state index in [1.54, 1.807) is 19.1 Å². The van der Waals surface area contributed by atoms with Crippen LogP contribution < -0.4 is 5.32 Å². The fraction of sp³-hybridized carbons (Fsp3) is 0.318. The molecule has 2 aromatic carbocycles. The standard InChI is InChI=1S/C22H21F3N4O2/c1-13(21(30)26-19-17(24)8-3-9-18(19)25)29-10-4-6-15(12-29)22-27-20(28-31-22)14-5-2-7-16(23)11-14/h2-3,5,7-9,11,13,15H,4,6,10,12H2,1H3,(H,26,30). The highest BCUT2D eigenvalue weighted by Gasteiger charge is 2.31. The maximum absolute atomic E-state index is 13.8. The van der Waals surface area contributed by atoms with Crippen molar-refractivity contribution in [3.63, 3.8) is 0 Å². The Balaban J connectivity index is 1.44. The van der Waals surface area contributed by atoms with E-state index in [-0.39, 0.29) is 11.7 Å². The number of amides is 1. The molecule has 0 radical (unpaired) electrons. The van der Waals surface area contributed by atoms with Crippen LogP contribution in [0.2, 0.25) is 0 Å². The molecule has 1 aliphatic heterocycles. The Bertz CT molecular complexity index is 1070. The minimum atomic E-state index is -0.826. The summed E-state index contributed by atoms with van der Waals surface area (Å²) in [5, 5.41) is 6.29. The molecule has 0 bridgehead atoms. The predicted octanol–water partition coefficient (Wildman–Crippen LogP) is 4.36. The summed E-state index contributed by atoms with van der Waals surface area (Å²) in [6.45, 7) is 2.80. The number of piperidine rings is 1. The normalized spacial score (nSPS) is 18.0. The predicted molar refractivity (Wildman–Crippen MR) is 108 cm³/mol. The first-order valence-corrected chi connectivity index (χ1v) is 10.0. The van der Waals surface area contributed by atoms with Gasteiger partial charge in [-0.3, -0.25) is 9.69 Å². The first kappa shape index (κ1) is 21.0. The molecule has 2 heterocycles. The van der Waals surface area contributed by atoms with E-state index in [1.165, 1.54) is 18.2 Å². The fourth-order valence-corrected chi connectivity index (χ4v) is 3.72. The van der Waals surface area contributed by atoms with Crippen LogP contribution in [0.1, 0.15) is 31.6 Å². The van der Waals surface area contributed by atoms with Crippen LogP contribution in [0, 0.1) is 17.5 Å². The number of benzene rings is 2. The third kappa shape index (κ3) is 4.61. The second-order valence-corrected chi connectivity index (χ2v) is 7.56. The minimum absolute atomic E-state index is 0.107. The highest BCUT2D eigenvalue weighted by molar-refractivity contribution is 5.94. The van der Waals surface area contributed by atoms with Crippen LogP contribution in [0.15, 0.2) is 47.0 Å². The van der Waals surface area contributed by atoms with E-state index in [0.717, 1.165) is 25.0 Å². The Labute approximate surface area is 177 Å². The number of carbonyl (C=O) groups excluding carboxylic acids is 1. The first-order valence-electron chi connectivity index (χ1n) is 10.0. The summed E-state index contributed by atoms with van der Waals surface area (Å²) in [6.07, 6.45) is 1.57. The van der Waals surface area contributed by atoms with Gasteiger partial charge >= 0.3 is 0 Å². The lowest BCUT2D eigenvalue weighted by Gasteiger charge is -2.34. The molecular weight excluding hydrogens is 409 g/mol. The van der Waals surface area contributed by atoms with E-state index in [4.69, 9.17) is 4.52 Å². The van der Waals surface area contributed by atoms with Crippen molar-refractivity contribution in [2.24, 2.45) is 0 Å². The zero-order chi connectivity index (χ0) is 22.0. The van der Waals surface area contributed by atoms with Gasteiger partial charge in [0.25, 0.3) is 0 Å². The molecule has 162 valence electrons. The van der Waals surface area contributed by atoms with Crippen molar-refractivity contribution in [2.45, 2.75) is 31.7 Å². The molecule has 4 rings (SSSR count).